The summed E-state index contributed by atoms with van der Waals surface area (Å²) in [5.74, 6) is 1.01. The molecule has 8 nitrogen and oxygen atoms in total. The zero-order chi connectivity index (χ0) is 26.1. The lowest BCUT2D eigenvalue weighted by Crippen LogP contribution is -2.39. The first-order valence-electron chi connectivity index (χ1n) is 12.0. The van der Waals surface area contributed by atoms with Crippen LogP contribution in [0.5, 0.6) is 11.5 Å². The van der Waals surface area contributed by atoms with Gasteiger partial charge < -0.3 is 9.47 Å². The van der Waals surface area contributed by atoms with E-state index >= 15 is 0 Å². The number of fused-ring (bicyclic) bond motifs is 8. The van der Waals surface area contributed by atoms with Crippen molar-refractivity contribution in [3.05, 3.63) is 87.7 Å². The van der Waals surface area contributed by atoms with Crippen LogP contribution in [-0.4, -0.2) is 34.9 Å². The van der Waals surface area contributed by atoms with E-state index in [4.69, 9.17) is 14.6 Å². The van der Waals surface area contributed by atoms with Gasteiger partial charge in [-0.05, 0) is 29.2 Å². The highest BCUT2D eigenvalue weighted by Gasteiger charge is 2.47. The van der Waals surface area contributed by atoms with Crippen LogP contribution in [0.4, 0.5) is 5.69 Å². The molecule has 0 spiro atoms. The molecule has 0 aliphatic carbocycles. The number of benzene rings is 3. The number of para-hydroxylation sites is 1. The highest BCUT2D eigenvalue weighted by molar-refractivity contribution is 6.15. The van der Waals surface area contributed by atoms with E-state index in [1.807, 2.05) is 54.6 Å². The standard InChI is InChI=1S/C29H26N4O4/c1-29(2,3)17-12-10-16(11-13-17)23-26(34)30-25-18-8-6-7-9-20(18)32-27(33(25)31-23)19-14-15-21(36-4)24(37-5)22(19)28(32)35/h6-15,27H,1-5H3/t27-/m1/s1. The second-order valence-corrected chi connectivity index (χ2v) is 10.2. The van der Waals surface area contributed by atoms with E-state index in [9.17, 15) is 9.59 Å². The molecule has 0 saturated heterocycles. The van der Waals surface area contributed by atoms with Crippen LogP contribution in [0.1, 0.15) is 48.4 Å². The summed E-state index contributed by atoms with van der Waals surface area (Å²) in [6, 6.07) is 18.8. The fourth-order valence-corrected chi connectivity index (χ4v) is 5.17. The van der Waals surface area contributed by atoms with Crippen LogP contribution in [-0.2, 0) is 5.41 Å². The predicted octanol–water partition coefficient (Wildman–Crippen LogP) is 4.81. The Morgan fingerprint density at radius 2 is 1.62 bits per heavy atom. The Balaban J connectivity index is 1.61. The summed E-state index contributed by atoms with van der Waals surface area (Å²) in [5.41, 5.74) is 4.03. The Morgan fingerprint density at radius 3 is 2.30 bits per heavy atom. The number of aromatic nitrogens is 3. The van der Waals surface area contributed by atoms with Gasteiger partial charge in [0.25, 0.3) is 11.5 Å². The van der Waals surface area contributed by atoms with Gasteiger partial charge in [-0.25, -0.2) is 4.68 Å². The Hall–Kier alpha value is -4.46. The molecule has 2 aliphatic rings. The lowest BCUT2D eigenvalue weighted by atomic mass is 9.86. The van der Waals surface area contributed by atoms with Crippen LogP contribution in [0.2, 0.25) is 0 Å². The molecule has 4 aromatic rings. The second kappa shape index (κ2) is 8.03. The average molecular weight is 495 g/mol. The first-order valence-corrected chi connectivity index (χ1v) is 12.0. The number of anilines is 1. The molecule has 1 aromatic heterocycles. The molecular formula is C29H26N4O4. The molecule has 8 heteroatoms. The number of methoxy groups -OCH3 is 2. The largest absolute Gasteiger partial charge is 0.493 e. The van der Waals surface area contributed by atoms with Crippen molar-refractivity contribution in [2.75, 3.05) is 19.1 Å². The molecule has 6 rings (SSSR count). The van der Waals surface area contributed by atoms with Gasteiger partial charge in [0, 0.05) is 16.7 Å². The van der Waals surface area contributed by atoms with E-state index in [-0.39, 0.29) is 17.0 Å². The van der Waals surface area contributed by atoms with Crippen LogP contribution in [0.15, 0.2) is 65.5 Å². The maximum Gasteiger partial charge on any atom is 0.300 e. The number of ether oxygens (including phenoxy) is 2. The van der Waals surface area contributed by atoms with E-state index in [0.29, 0.717) is 45.3 Å². The smallest absolute Gasteiger partial charge is 0.300 e. The third-order valence-corrected chi connectivity index (χ3v) is 7.03. The monoisotopic (exact) mass is 494 g/mol. The molecule has 0 bridgehead atoms. The van der Waals surface area contributed by atoms with Crippen molar-refractivity contribution in [3.63, 3.8) is 0 Å². The summed E-state index contributed by atoms with van der Waals surface area (Å²) < 4.78 is 12.7. The van der Waals surface area contributed by atoms with Gasteiger partial charge in [0.05, 0.1) is 25.5 Å². The highest BCUT2D eigenvalue weighted by atomic mass is 16.5. The van der Waals surface area contributed by atoms with Crippen LogP contribution >= 0.6 is 0 Å². The summed E-state index contributed by atoms with van der Waals surface area (Å²) >= 11 is 0. The molecule has 3 heterocycles. The molecule has 3 aromatic carbocycles. The summed E-state index contributed by atoms with van der Waals surface area (Å²) in [4.78, 5) is 33.3. The first kappa shape index (κ1) is 23.0. The Bertz CT molecular complexity index is 1630. The molecule has 1 atom stereocenters. The van der Waals surface area contributed by atoms with E-state index in [1.165, 1.54) is 14.2 Å². The number of hydrogen-bond donors (Lipinski definition) is 0. The number of rotatable bonds is 3. The highest BCUT2D eigenvalue weighted by Crippen LogP contribution is 2.50. The van der Waals surface area contributed by atoms with Gasteiger partial charge in [0.2, 0.25) is 0 Å². The van der Waals surface area contributed by atoms with Gasteiger partial charge in [-0.15, -0.1) is 0 Å². The van der Waals surface area contributed by atoms with Crippen LogP contribution in [0.3, 0.4) is 0 Å². The topological polar surface area (TPSA) is 86.6 Å². The normalized spacial score (nSPS) is 15.5. The zero-order valence-corrected chi connectivity index (χ0v) is 21.3. The van der Waals surface area contributed by atoms with Gasteiger partial charge in [-0.2, -0.15) is 10.1 Å². The van der Waals surface area contributed by atoms with Gasteiger partial charge >= 0.3 is 0 Å². The lowest BCUT2D eigenvalue weighted by Gasteiger charge is -2.34. The molecule has 1 amide bonds. The lowest BCUT2D eigenvalue weighted by molar-refractivity contribution is 0.0983. The van der Waals surface area contributed by atoms with Crippen molar-refractivity contribution in [3.8, 4) is 34.1 Å². The number of amides is 1. The van der Waals surface area contributed by atoms with Crippen LogP contribution in [0, 0.1) is 0 Å². The summed E-state index contributed by atoms with van der Waals surface area (Å²) in [6.07, 6.45) is -0.632. The Labute approximate surface area is 214 Å². The fraction of sp³-hybridized carbons (Fsp3) is 0.241. The third-order valence-electron chi connectivity index (χ3n) is 7.03. The summed E-state index contributed by atoms with van der Waals surface area (Å²) in [5, 5.41) is 4.82. The Morgan fingerprint density at radius 1 is 0.892 bits per heavy atom. The van der Waals surface area contributed by atoms with E-state index in [1.54, 1.807) is 15.6 Å². The van der Waals surface area contributed by atoms with Gasteiger partial charge in [-0.3, -0.25) is 14.5 Å². The van der Waals surface area contributed by atoms with Gasteiger partial charge in [-0.1, -0.05) is 63.2 Å². The Kier molecular flexibility index (Phi) is 4.98. The average Bonchev–Trinajstić information content (AvgIpc) is 3.20. The minimum atomic E-state index is -0.632. The molecule has 0 radical (unpaired) electrons. The molecule has 0 N–H and O–H groups in total. The molecule has 2 aliphatic heterocycles. The molecule has 0 unspecified atom stereocenters. The van der Waals surface area contributed by atoms with Crippen molar-refractivity contribution in [1.82, 2.24) is 14.8 Å². The number of carbonyl (C=O) groups excluding carboxylic acids is 1. The molecule has 186 valence electrons. The minimum Gasteiger partial charge on any atom is -0.493 e. The van der Waals surface area contributed by atoms with Crippen molar-refractivity contribution >= 4 is 11.6 Å². The maximum absolute atomic E-state index is 13.9. The molecule has 37 heavy (non-hydrogen) atoms. The van der Waals surface area contributed by atoms with Crippen molar-refractivity contribution in [2.45, 2.75) is 32.4 Å². The van der Waals surface area contributed by atoms with E-state index < -0.39 is 11.7 Å². The van der Waals surface area contributed by atoms with Gasteiger partial charge in [0.15, 0.2) is 29.2 Å². The quantitative estimate of drug-likeness (QED) is 0.406. The molecule has 0 fully saturated rings. The summed E-state index contributed by atoms with van der Waals surface area (Å²) in [7, 11) is 3.05. The first-order chi connectivity index (χ1) is 17.7. The predicted molar refractivity (Wildman–Crippen MR) is 140 cm³/mol. The number of nitrogens with zero attached hydrogens (tertiary/aromatic N) is 4. The second-order valence-electron chi connectivity index (χ2n) is 10.2. The maximum atomic E-state index is 13.9. The van der Waals surface area contributed by atoms with Gasteiger partial charge in [0.1, 0.15) is 0 Å². The van der Waals surface area contributed by atoms with Crippen molar-refractivity contribution in [2.24, 2.45) is 0 Å². The SMILES string of the molecule is COc1ccc2c(c1OC)C(=O)N1c3ccccc3-c3nc(=O)c(-c4ccc(C(C)(C)C)cc4)nn3[C@H]21. The fourth-order valence-electron chi connectivity index (χ4n) is 5.17. The van der Waals surface area contributed by atoms with Crippen molar-refractivity contribution in [1.29, 1.82) is 0 Å². The van der Waals surface area contributed by atoms with Crippen LogP contribution < -0.4 is 19.9 Å². The summed E-state index contributed by atoms with van der Waals surface area (Å²) in [6.45, 7) is 6.41. The minimum absolute atomic E-state index is 0.0205. The third kappa shape index (κ3) is 3.28. The number of hydrogen-bond acceptors (Lipinski definition) is 6. The molecular weight excluding hydrogens is 468 g/mol. The number of carbonyl (C=O) groups is 1. The van der Waals surface area contributed by atoms with Crippen molar-refractivity contribution < 1.29 is 14.3 Å². The van der Waals surface area contributed by atoms with E-state index in [2.05, 4.69) is 25.8 Å². The zero-order valence-electron chi connectivity index (χ0n) is 21.3. The van der Waals surface area contributed by atoms with Crippen LogP contribution in [0.25, 0.3) is 22.6 Å². The molecule has 0 saturated carbocycles. The van der Waals surface area contributed by atoms with E-state index in [0.717, 1.165) is 5.56 Å².